The van der Waals surface area contributed by atoms with Crippen LogP contribution in [0.15, 0.2) is 28.9 Å². The zero-order chi connectivity index (χ0) is 14.5. The summed E-state index contributed by atoms with van der Waals surface area (Å²) < 4.78 is 10.5. The van der Waals surface area contributed by atoms with Gasteiger partial charge < -0.3 is 15.0 Å². The number of rotatable bonds is 4. The molecule has 0 saturated carbocycles. The van der Waals surface area contributed by atoms with Gasteiger partial charge in [0.15, 0.2) is 0 Å². The summed E-state index contributed by atoms with van der Waals surface area (Å²) in [6.45, 7) is 6.44. The van der Waals surface area contributed by atoms with E-state index in [4.69, 9.17) is 4.74 Å². The lowest BCUT2D eigenvalue weighted by Crippen LogP contribution is -2.27. The summed E-state index contributed by atoms with van der Waals surface area (Å²) >= 11 is 0. The number of benzene rings is 1. The Balaban J connectivity index is 1.66. The highest BCUT2D eigenvalue weighted by atomic mass is 16.6. The fraction of sp³-hybridized carbons (Fsp3) is 0.467. The molecule has 1 aromatic heterocycles. The zero-order valence-electron chi connectivity index (χ0n) is 12.2. The Bertz CT molecular complexity index is 577. The highest BCUT2D eigenvalue weighted by molar-refractivity contribution is 5.50. The maximum atomic E-state index is 5.79. The zero-order valence-corrected chi connectivity index (χ0v) is 12.2. The largest absolute Gasteiger partial charge is 0.487 e. The van der Waals surface area contributed by atoms with Gasteiger partial charge in [-0.25, -0.2) is 4.63 Å². The van der Waals surface area contributed by atoms with Gasteiger partial charge in [0.05, 0.1) is 0 Å². The lowest BCUT2D eigenvalue weighted by atomic mass is 10.2. The molecule has 1 fully saturated rings. The van der Waals surface area contributed by atoms with E-state index in [0.29, 0.717) is 6.61 Å². The highest BCUT2D eigenvalue weighted by Crippen LogP contribution is 2.22. The Labute approximate surface area is 124 Å². The normalized spacial score (nSPS) is 15.8. The number of anilines is 1. The van der Waals surface area contributed by atoms with Crippen LogP contribution in [0.4, 0.5) is 5.69 Å². The molecule has 2 heterocycles. The topological polar surface area (TPSA) is 63.4 Å². The minimum atomic E-state index is 0.375. The van der Waals surface area contributed by atoms with E-state index < -0.39 is 0 Å². The Morgan fingerprint density at radius 1 is 1.29 bits per heavy atom. The van der Waals surface area contributed by atoms with Gasteiger partial charge in [-0.2, -0.15) is 0 Å². The van der Waals surface area contributed by atoms with E-state index in [1.54, 1.807) is 0 Å². The van der Waals surface area contributed by atoms with Gasteiger partial charge in [0.25, 0.3) is 0 Å². The predicted octanol–water partition coefficient (Wildman–Crippen LogP) is 1.76. The number of aryl methyl sites for hydroxylation is 1. The second-order valence-corrected chi connectivity index (χ2v) is 5.17. The minimum absolute atomic E-state index is 0.375. The van der Waals surface area contributed by atoms with Crippen molar-refractivity contribution in [3.05, 3.63) is 35.7 Å². The molecular weight excluding hydrogens is 268 g/mol. The first-order valence-electron chi connectivity index (χ1n) is 7.29. The summed E-state index contributed by atoms with van der Waals surface area (Å²) in [7, 11) is 0. The third-order valence-corrected chi connectivity index (χ3v) is 3.64. The Morgan fingerprint density at radius 2 is 2.24 bits per heavy atom. The van der Waals surface area contributed by atoms with E-state index in [1.807, 2.05) is 19.1 Å². The average Bonchev–Trinajstić information content (AvgIpc) is 2.77. The van der Waals surface area contributed by atoms with Crippen LogP contribution in [0.2, 0.25) is 0 Å². The molecule has 1 aliphatic heterocycles. The average molecular weight is 288 g/mol. The third-order valence-electron chi connectivity index (χ3n) is 3.64. The fourth-order valence-electron chi connectivity index (χ4n) is 2.41. The Morgan fingerprint density at radius 3 is 3.10 bits per heavy atom. The first kappa shape index (κ1) is 13.9. The number of nitrogens with one attached hydrogen (secondary N) is 1. The van der Waals surface area contributed by atoms with Gasteiger partial charge in [-0.3, -0.25) is 0 Å². The van der Waals surface area contributed by atoms with Gasteiger partial charge in [0, 0.05) is 31.4 Å². The summed E-state index contributed by atoms with van der Waals surface area (Å²) in [5.41, 5.74) is 2.70. The van der Waals surface area contributed by atoms with Crippen molar-refractivity contribution < 1.29 is 9.37 Å². The Kier molecular flexibility index (Phi) is 4.35. The van der Waals surface area contributed by atoms with Crippen LogP contribution in [0, 0.1) is 6.92 Å². The molecule has 0 unspecified atom stereocenters. The van der Waals surface area contributed by atoms with Gasteiger partial charge in [-0.15, -0.1) is 0 Å². The van der Waals surface area contributed by atoms with Gasteiger partial charge in [-0.1, -0.05) is 16.4 Å². The van der Waals surface area contributed by atoms with E-state index in [0.717, 1.165) is 49.7 Å². The van der Waals surface area contributed by atoms with Gasteiger partial charge in [0.1, 0.15) is 23.7 Å². The molecule has 3 rings (SSSR count). The number of hydrogen-bond donors (Lipinski definition) is 1. The molecule has 2 aromatic rings. The summed E-state index contributed by atoms with van der Waals surface area (Å²) in [6, 6.07) is 8.19. The van der Waals surface area contributed by atoms with Crippen molar-refractivity contribution in [3.8, 4) is 5.75 Å². The first-order valence-corrected chi connectivity index (χ1v) is 7.29. The predicted molar refractivity (Wildman–Crippen MR) is 79.5 cm³/mol. The SMILES string of the molecule is Cc1nonc1COc1cccc(N2CCCNCC2)c1. The van der Waals surface area contributed by atoms with Crippen molar-refractivity contribution in [1.82, 2.24) is 15.6 Å². The number of nitrogens with zero attached hydrogens (tertiary/aromatic N) is 3. The van der Waals surface area contributed by atoms with E-state index in [-0.39, 0.29) is 0 Å². The molecule has 21 heavy (non-hydrogen) atoms. The molecule has 0 bridgehead atoms. The van der Waals surface area contributed by atoms with Crippen LogP contribution in [-0.4, -0.2) is 36.5 Å². The molecule has 0 spiro atoms. The van der Waals surface area contributed by atoms with Crippen LogP contribution in [0.1, 0.15) is 17.8 Å². The molecule has 1 saturated heterocycles. The van der Waals surface area contributed by atoms with Gasteiger partial charge in [0.2, 0.25) is 0 Å². The maximum absolute atomic E-state index is 5.79. The van der Waals surface area contributed by atoms with Crippen molar-refractivity contribution in [2.24, 2.45) is 0 Å². The number of aromatic nitrogens is 2. The van der Waals surface area contributed by atoms with Crippen LogP contribution in [-0.2, 0) is 6.61 Å². The number of hydrogen-bond acceptors (Lipinski definition) is 6. The van der Waals surface area contributed by atoms with E-state index >= 15 is 0 Å². The highest BCUT2D eigenvalue weighted by Gasteiger charge is 2.11. The monoisotopic (exact) mass is 288 g/mol. The van der Waals surface area contributed by atoms with Crippen LogP contribution in [0.25, 0.3) is 0 Å². The third kappa shape index (κ3) is 3.52. The first-order chi connectivity index (χ1) is 10.3. The minimum Gasteiger partial charge on any atom is -0.487 e. The van der Waals surface area contributed by atoms with Crippen LogP contribution in [0.3, 0.4) is 0 Å². The second kappa shape index (κ2) is 6.58. The van der Waals surface area contributed by atoms with Gasteiger partial charge in [-0.05, 0) is 32.0 Å². The van der Waals surface area contributed by atoms with Crippen LogP contribution < -0.4 is 15.0 Å². The van der Waals surface area contributed by atoms with Crippen LogP contribution >= 0.6 is 0 Å². The van der Waals surface area contributed by atoms with Crippen LogP contribution in [0.5, 0.6) is 5.75 Å². The van der Waals surface area contributed by atoms with E-state index in [1.165, 1.54) is 5.69 Å². The second-order valence-electron chi connectivity index (χ2n) is 5.17. The number of ether oxygens (including phenoxy) is 1. The molecule has 6 heteroatoms. The molecule has 1 aromatic carbocycles. The summed E-state index contributed by atoms with van der Waals surface area (Å²) in [4.78, 5) is 2.38. The quantitative estimate of drug-likeness (QED) is 0.925. The summed E-state index contributed by atoms with van der Waals surface area (Å²) in [6.07, 6.45) is 1.16. The molecule has 0 aliphatic carbocycles. The standard InChI is InChI=1S/C15H20N4O2/c1-12-15(18-21-17-12)11-20-14-5-2-4-13(10-14)19-8-3-6-16-7-9-19/h2,4-5,10,16H,3,6-9,11H2,1H3. The van der Waals surface area contributed by atoms with E-state index in [2.05, 4.69) is 37.3 Å². The molecule has 0 atom stereocenters. The van der Waals surface area contributed by atoms with E-state index in [9.17, 15) is 0 Å². The van der Waals surface area contributed by atoms with Crippen molar-refractivity contribution in [1.29, 1.82) is 0 Å². The lowest BCUT2D eigenvalue weighted by molar-refractivity contribution is 0.270. The van der Waals surface area contributed by atoms with Crippen molar-refractivity contribution in [2.75, 3.05) is 31.1 Å². The van der Waals surface area contributed by atoms with Crippen molar-refractivity contribution in [3.63, 3.8) is 0 Å². The molecule has 0 radical (unpaired) electrons. The molecular formula is C15H20N4O2. The summed E-state index contributed by atoms with van der Waals surface area (Å²) in [5.74, 6) is 0.840. The van der Waals surface area contributed by atoms with Crippen molar-refractivity contribution in [2.45, 2.75) is 20.0 Å². The molecule has 112 valence electrons. The van der Waals surface area contributed by atoms with Crippen molar-refractivity contribution >= 4 is 5.69 Å². The van der Waals surface area contributed by atoms with Gasteiger partial charge >= 0.3 is 0 Å². The maximum Gasteiger partial charge on any atom is 0.145 e. The smallest absolute Gasteiger partial charge is 0.145 e. The molecule has 6 nitrogen and oxygen atoms in total. The summed E-state index contributed by atoms with van der Waals surface area (Å²) in [5, 5.41) is 11.0. The fourth-order valence-corrected chi connectivity index (χ4v) is 2.41. The lowest BCUT2D eigenvalue weighted by Gasteiger charge is -2.22. The molecule has 0 amide bonds. The Hall–Kier alpha value is -2.08. The molecule has 1 N–H and O–H groups in total. The molecule has 1 aliphatic rings.